The lowest BCUT2D eigenvalue weighted by Crippen LogP contribution is -2.43. The van der Waals surface area contributed by atoms with Gasteiger partial charge < -0.3 is 4.74 Å². The van der Waals surface area contributed by atoms with Crippen molar-refractivity contribution in [2.24, 2.45) is 0 Å². The maximum Gasteiger partial charge on any atom is 0.326 e. The Bertz CT molecular complexity index is 1070. The first-order chi connectivity index (χ1) is 13.6. The Morgan fingerprint density at radius 2 is 1.82 bits per heavy atom. The van der Waals surface area contributed by atoms with E-state index in [2.05, 4.69) is 12.1 Å². The Morgan fingerprint density at radius 3 is 2.57 bits per heavy atom. The van der Waals surface area contributed by atoms with Crippen molar-refractivity contribution >= 4 is 51.6 Å². The number of benzene rings is 3. The topological polar surface area (TPSA) is 46.6 Å². The van der Waals surface area contributed by atoms with E-state index >= 15 is 0 Å². The fourth-order valence-electron chi connectivity index (χ4n) is 3.30. The lowest BCUT2D eigenvalue weighted by atomic mass is 9.94. The van der Waals surface area contributed by atoms with Gasteiger partial charge in [0.1, 0.15) is 11.5 Å². The van der Waals surface area contributed by atoms with Crippen LogP contribution in [0, 0.1) is 0 Å². The van der Waals surface area contributed by atoms with Crippen LogP contribution < -0.4 is 0 Å². The van der Waals surface area contributed by atoms with E-state index in [-0.39, 0.29) is 19.1 Å². The molecule has 28 heavy (non-hydrogen) atoms. The molecule has 0 radical (unpaired) electrons. The molecule has 0 N–H and O–H groups in total. The van der Waals surface area contributed by atoms with Crippen molar-refractivity contribution < 1.29 is 14.3 Å². The van der Waals surface area contributed by atoms with E-state index in [1.807, 2.05) is 42.5 Å². The number of rotatable bonds is 5. The SMILES string of the molecule is CCOC(=O)CN1C(=O)c2cccc3c(Sc4ccccc4)ccc(c23)C1=S. The van der Waals surface area contributed by atoms with Gasteiger partial charge in [0.15, 0.2) is 0 Å². The highest BCUT2D eigenvalue weighted by molar-refractivity contribution is 7.99. The van der Waals surface area contributed by atoms with Crippen LogP contribution in [-0.2, 0) is 9.53 Å². The molecule has 3 aromatic rings. The number of hydrogen-bond donors (Lipinski definition) is 0. The van der Waals surface area contributed by atoms with Crippen molar-refractivity contribution in [3.8, 4) is 0 Å². The molecule has 1 aliphatic rings. The summed E-state index contributed by atoms with van der Waals surface area (Å²) in [5.41, 5.74) is 1.35. The predicted molar refractivity (Wildman–Crippen MR) is 114 cm³/mol. The standard InChI is InChI=1S/C22H17NO3S2/c1-2-26-19(24)13-23-21(25)16-10-6-9-15-18(28-14-7-4-3-5-8-14)12-11-17(20(15)16)22(23)27/h3-12H,2,13H2,1H3. The number of ether oxygens (including phenoxy) is 1. The molecule has 0 aromatic heterocycles. The molecule has 0 unspecified atom stereocenters. The van der Waals surface area contributed by atoms with Gasteiger partial charge in [-0.05, 0) is 36.6 Å². The highest BCUT2D eigenvalue weighted by Gasteiger charge is 2.32. The molecule has 6 heteroatoms. The Labute approximate surface area is 172 Å². The smallest absolute Gasteiger partial charge is 0.326 e. The first kappa shape index (κ1) is 18.7. The van der Waals surface area contributed by atoms with Crippen molar-refractivity contribution in [3.05, 3.63) is 71.8 Å². The number of amides is 1. The van der Waals surface area contributed by atoms with E-state index in [0.717, 1.165) is 26.1 Å². The van der Waals surface area contributed by atoms with Gasteiger partial charge >= 0.3 is 5.97 Å². The lowest BCUT2D eigenvalue weighted by Gasteiger charge is -2.29. The molecule has 1 amide bonds. The third-order valence-electron chi connectivity index (χ3n) is 4.52. The zero-order valence-corrected chi connectivity index (χ0v) is 16.8. The average Bonchev–Trinajstić information content (AvgIpc) is 2.71. The van der Waals surface area contributed by atoms with Gasteiger partial charge in [0.05, 0.1) is 6.61 Å². The van der Waals surface area contributed by atoms with E-state index in [1.54, 1.807) is 24.8 Å². The summed E-state index contributed by atoms with van der Waals surface area (Å²) < 4.78 is 4.99. The summed E-state index contributed by atoms with van der Waals surface area (Å²) in [5.74, 6) is -0.733. The van der Waals surface area contributed by atoms with Crippen molar-refractivity contribution in [2.75, 3.05) is 13.2 Å². The summed E-state index contributed by atoms with van der Waals surface area (Å²) in [4.78, 5) is 28.8. The molecule has 0 fully saturated rings. The molecular formula is C22H17NO3S2. The summed E-state index contributed by atoms with van der Waals surface area (Å²) in [5, 5.41) is 1.83. The summed E-state index contributed by atoms with van der Waals surface area (Å²) in [7, 11) is 0. The maximum absolute atomic E-state index is 13.0. The van der Waals surface area contributed by atoms with Crippen LogP contribution in [0.4, 0.5) is 0 Å². The highest BCUT2D eigenvalue weighted by atomic mass is 32.2. The number of hydrogen-bond acceptors (Lipinski definition) is 5. The van der Waals surface area contributed by atoms with Crippen molar-refractivity contribution in [3.63, 3.8) is 0 Å². The summed E-state index contributed by atoms with van der Waals surface area (Å²) >= 11 is 7.21. The molecule has 1 heterocycles. The highest BCUT2D eigenvalue weighted by Crippen LogP contribution is 2.38. The van der Waals surface area contributed by atoms with E-state index in [9.17, 15) is 9.59 Å². The first-order valence-corrected chi connectivity index (χ1v) is 10.1. The second-order valence-electron chi connectivity index (χ2n) is 6.26. The van der Waals surface area contributed by atoms with Crippen LogP contribution in [0.2, 0.25) is 0 Å². The molecule has 3 aromatic carbocycles. The maximum atomic E-state index is 13.0. The number of carbonyl (C=O) groups is 2. The van der Waals surface area contributed by atoms with Crippen molar-refractivity contribution in [1.29, 1.82) is 0 Å². The Balaban J connectivity index is 1.78. The minimum Gasteiger partial charge on any atom is -0.465 e. The average molecular weight is 408 g/mol. The quantitative estimate of drug-likeness (QED) is 0.454. The Morgan fingerprint density at radius 1 is 1.04 bits per heavy atom. The van der Waals surface area contributed by atoms with Crippen LogP contribution in [0.5, 0.6) is 0 Å². The first-order valence-electron chi connectivity index (χ1n) is 8.90. The molecule has 4 rings (SSSR count). The predicted octanol–water partition coefficient (Wildman–Crippen LogP) is 4.69. The zero-order chi connectivity index (χ0) is 19.7. The lowest BCUT2D eigenvalue weighted by molar-refractivity contribution is -0.143. The summed E-state index contributed by atoms with van der Waals surface area (Å²) in [6.07, 6.45) is 0. The second kappa shape index (κ2) is 7.73. The third-order valence-corrected chi connectivity index (χ3v) is 6.04. The number of nitrogens with zero attached hydrogens (tertiary/aromatic N) is 1. The largest absolute Gasteiger partial charge is 0.465 e. The normalized spacial score (nSPS) is 13.1. The van der Waals surface area contributed by atoms with Gasteiger partial charge in [-0.15, -0.1) is 0 Å². The van der Waals surface area contributed by atoms with Gasteiger partial charge in [0, 0.05) is 26.3 Å². The molecule has 0 saturated heterocycles. The minimum atomic E-state index is -0.468. The van der Waals surface area contributed by atoms with Crippen LogP contribution in [0.15, 0.2) is 70.5 Å². The fourth-order valence-corrected chi connectivity index (χ4v) is 4.58. The molecule has 0 aliphatic carbocycles. The van der Waals surface area contributed by atoms with E-state index in [1.165, 1.54) is 4.90 Å². The van der Waals surface area contributed by atoms with Crippen LogP contribution in [0.1, 0.15) is 22.8 Å². The van der Waals surface area contributed by atoms with Gasteiger partial charge in [0.25, 0.3) is 5.91 Å². The number of thiocarbonyl (C=S) groups is 1. The minimum absolute atomic E-state index is 0.179. The fraction of sp³-hybridized carbons (Fsp3) is 0.136. The van der Waals surface area contributed by atoms with E-state index in [4.69, 9.17) is 17.0 Å². The van der Waals surface area contributed by atoms with Crippen molar-refractivity contribution in [2.45, 2.75) is 16.7 Å². The van der Waals surface area contributed by atoms with Gasteiger partial charge in [-0.3, -0.25) is 14.5 Å². The van der Waals surface area contributed by atoms with Crippen LogP contribution >= 0.6 is 24.0 Å². The van der Waals surface area contributed by atoms with Crippen LogP contribution in [0.3, 0.4) is 0 Å². The Hall–Kier alpha value is -2.70. The van der Waals surface area contributed by atoms with E-state index in [0.29, 0.717) is 10.6 Å². The number of carbonyl (C=O) groups excluding carboxylic acids is 2. The molecule has 140 valence electrons. The van der Waals surface area contributed by atoms with E-state index < -0.39 is 5.97 Å². The molecule has 1 aliphatic heterocycles. The second-order valence-corrected chi connectivity index (χ2v) is 7.76. The molecule has 0 bridgehead atoms. The summed E-state index contributed by atoms with van der Waals surface area (Å²) in [6, 6.07) is 19.7. The number of esters is 1. The monoisotopic (exact) mass is 407 g/mol. The van der Waals surface area contributed by atoms with Crippen molar-refractivity contribution in [1.82, 2.24) is 4.90 Å². The molecule has 0 saturated carbocycles. The molecule has 4 nitrogen and oxygen atoms in total. The summed E-state index contributed by atoms with van der Waals surface area (Å²) in [6.45, 7) is 1.82. The van der Waals surface area contributed by atoms with Crippen LogP contribution in [-0.4, -0.2) is 34.9 Å². The molecule has 0 spiro atoms. The zero-order valence-electron chi connectivity index (χ0n) is 15.2. The van der Waals surface area contributed by atoms with Gasteiger partial charge in [-0.25, -0.2) is 0 Å². The Kier molecular flexibility index (Phi) is 5.15. The van der Waals surface area contributed by atoms with Gasteiger partial charge in [-0.1, -0.05) is 60.4 Å². The molecular weight excluding hydrogens is 390 g/mol. The van der Waals surface area contributed by atoms with Gasteiger partial charge in [0.2, 0.25) is 0 Å². The third kappa shape index (κ3) is 3.30. The van der Waals surface area contributed by atoms with Gasteiger partial charge in [-0.2, -0.15) is 0 Å². The van der Waals surface area contributed by atoms with Crippen LogP contribution in [0.25, 0.3) is 10.8 Å². The molecule has 0 atom stereocenters.